The summed E-state index contributed by atoms with van der Waals surface area (Å²) in [5.74, 6) is -1.25. The van der Waals surface area contributed by atoms with Crippen molar-refractivity contribution in [3.63, 3.8) is 0 Å². The van der Waals surface area contributed by atoms with Crippen molar-refractivity contribution in [1.29, 1.82) is 0 Å². The molecule has 2 rings (SSSR count). The van der Waals surface area contributed by atoms with E-state index in [0.717, 1.165) is 5.69 Å². The number of pyridine rings is 1. The van der Waals surface area contributed by atoms with E-state index in [1.807, 2.05) is 18.7 Å². The molecule has 0 spiro atoms. The summed E-state index contributed by atoms with van der Waals surface area (Å²) in [7, 11) is 0. The van der Waals surface area contributed by atoms with Gasteiger partial charge in [-0.15, -0.1) is 0 Å². The van der Waals surface area contributed by atoms with Crippen molar-refractivity contribution in [3.8, 4) is 0 Å². The van der Waals surface area contributed by atoms with Gasteiger partial charge in [-0.25, -0.2) is 0 Å². The van der Waals surface area contributed by atoms with Crippen LogP contribution >= 0.6 is 0 Å². The van der Waals surface area contributed by atoms with Crippen molar-refractivity contribution >= 4 is 17.6 Å². The van der Waals surface area contributed by atoms with E-state index >= 15 is 0 Å². The minimum atomic E-state index is -0.766. The normalized spacial score (nSPS) is 21.8. The number of carboxylic acid groups (broad SMARTS) is 1. The number of nitrogens with one attached hydrogen (secondary N) is 1. The fraction of sp³-hybridized carbons (Fsp3) is 0.500. The second kappa shape index (κ2) is 5.90. The summed E-state index contributed by atoms with van der Waals surface area (Å²) >= 11 is 0. The first kappa shape index (κ1) is 14.3. The number of carbonyl (C=O) groups excluding carboxylic acids is 1. The second-order valence-corrected chi connectivity index (χ2v) is 5.09. The van der Waals surface area contributed by atoms with Crippen LogP contribution < -0.4 is 10.2 Å². The summed E-state index contributed by atoms with van der Waals surface area (Å²) in [6.45, 7) is 5.48. The molecule has 0 aromatic carbocycles. The number of aromatic nitrogens is 1. The lowest BCUT2D eigenvalue weighted by Crippen LogP contribution is -2.25. The van der Waals surface area contributed by atoms with Crippen LogP contribution in [0.15, 0.2) is 18.3 Å². The van der Waals surface area contributed by atoms with Crippen LogP contribution in [-0.2, 0) is 4.79 Å². The van der Waals surface area contributed by atoms with Crippen molar-refractivity contribution in [2.75, 3.05) is 24.5 Å². The fourth-order valence-corrected chi connectivity index (χ4v) is 2.49. The van der Waals surface area contributed by atoms with E-state index in [1.165, 1.54) is 0 Å². The monoisotopic (exact) mass is 277 g/mol. The van der Waals surface area contributed by atoms with E-state index in [4.69, 9.17) is 5.11 Å². The lowest BCUT2D eigenvalue weighted by atomic mass is 9.99. The van der Waals surface area contributed by atoms with Crippen molar-refractivity contribution in [2.45, 2.75) is 13.8 Å². The van der Waals surface area contributed by atoms with Crippen LogP contribution in [0.5, 0.6) is 0 Å². The fourth-order valence-electron chi connectivity index (χ4n) is 2.49. The highest BCUT2D eigenvalue weighted by Crippen LogP contribution is 2.28. The molecule has 6 heteroatoms. The number of anilines is 1. The van der Waals surface area contributed by atoms with Gasteiger partial charge in [-0.3, -0.25) is 14.6 Å². The average molecular weight is 277 g/mol. The lowest BCUT2D eigenvalue weighted by Gasteiger charge is -2.18. The summed E-state index contributed by atoms with van der Waals surface area (Å²) in [6, 6.07) is 3.52. The van der Waals surface area contributed by atoms with Crippen LogP contribution in [0.4, 0.5) is 5.69 Å². The van der Waals surface area contributed by atoms with Gasteiger partial charge in [-0.2, -0.15) is 0 Å². The highest BCUT2D eigenvalue weighted by atomic mass is 16.4. The summed E-state index contributed by atoms with van der Waals surface area (Å²) in [4.78, 5) is 28.9. The van der Waals surface area contributed by atoms with E-state index < -0.39 is 5.97 Å². The van der Waals surface area contributed by atoms with E-state index in [9.17, 15) is 9.59 Å². The maximum Gasteiger partial charge on any atom is 0.308 e. The van der Waals surface area contributed by atoms with Gasteiger partial charge in [0.1, 0.15) is 5.69 Å². The third kappa shape index (κ3) is 2.89. The highest BCUT2D eigenvalue weighted by molar-refractivity contribution is 5.93. The molecule has 1 fully saturated rings. The molecule has 2 atom stereocenters. The number of rotatable bonds is 4. The quantitative estimate of drug-likeness (QED) is 0.857. The topological polar surface area (TPSA) is 82.5 Å². The molecule has 1 saturated heterocycles. The number of hydrogen-bond acceptors (Lipinski definition) is 4. The molecular formula is C14H19N3O3. The minimum absolute atomic E-state index is 0.0913. The zero-order chi connectivity index (χ0) is 14.7. The summed E-state index contributed by atoms with van der Waals surface area (Å²) in [5.41, 5.74) is 1.20. The van der Waals surface area contributed by atoms with Crippen LogP contribution in [0.2, 0.25) is 0 Å². The average Bonchev–Trinajstić information content (AvgIpc) is 2.81. The molecule has 1 aliphatic heterocycles. The third-order valence-corrected chi connectivity index (χ3v) is 3.61. The first-order valence-electron chi connectivity index (χ1n) is 6.75. The van der Waals surface area contributed by atoms with Gasteiger partial charge in [0, 0.05) is 31.5 Å². The Morgan fingerprint density at radius 1 is 1.50 bits per heavy atom. The van der Waals surface area contributed by atoms with E-state index in [1.54, 1.807) is 18.3 Å². The molecule has 0 radical (unpaired) electrons. The van der Waals surface area contributed by atoms with Gasteiger partial charge >= 0.3 is 5.97 Å². The lowest BCUT2D eigenvalue weighted by molar-refractivity contribution is -0.142. The number of amides is 1. The highest BCUT2D eigenvalue weighted by Gasteiger charge is 2.34. The number of hydrogen-bond donors (Lipinski definition) is 2. The Hall–Kier alpha value is -2.11. The molecule has 0 aliphatic carbocycles. The zero-order valence-electron chi connectivity index (χ0n) is 11.7. The van der Waals surface area contributed by atoms with Crippen molar-refractivity contribution in [2.24, 2.45) is 11.8 Å². The summed E-state index contributed by atoms with van der Waals surface area (Å²) < 4.78 is 0. The molecule has 20 heavy (non-hydrogen) atoms. The van der Waals surface area contributed by atoms with Crippen LogP contribution in [0, 0.1) is 11.8 Å². The Bertz CT molecular complexity index is 518. The first-order valence-corrected chi connectivity index (χ1v) is 6.75. The largest absolute Gasteiger partial charge is 0.481 e. The molecule has 1 aromatic heterocycles. The van der Waals surface area contributed by atoms with Gasteiger partial charge in [0.15, 0.2) is 0 Å². The number of carbonyl (C=O) groups is 2. The zero-order valence-corrected chi connectivity index (χ0v) is 11.7. The SMILES string of the molecule is CCNC(=O)c1cc(N2CC(C)C(C(=O)O)C2)ccn1. The van der Waals surface area contributed by atoms with E-state index in [-0.39, 0.29) is 17.7 Å². The second-order valence-electron chi connectivity index (χ2n) is 5.09. The molecule has 0 bridgehead atoms. The molecule has 0 saturated carbocycles. The molecule has 108 valence electrons. The minimum Gasteiger partial charge on any atom is -0.481 e. The van der Waals surface area contributed by atoms with E-state index in [0.29, 0.717) is 25.3 Å². The molecule has 2 heterocycles. The van der Waals surface area contributed by atoms with Crippen molar-refractivity contribution in [1.82, 2.24) is 10.3 Å². The smallest absolute Gasteiger partial charge is 0.308 e. The van der Waals surface area contributed by atoms with Crippen LogP contribution in [0.25, 0.3) is 0 Å². The Morgan fingerprint density at radius 3 is 2.85 bits per heavy atom. The molecule has 1 aliphatic rings. The van der Waals surface area contributed by atoms with E-state index in [2.05, 4.69) is 10.3 Å². The molecule has 2 N–H and O–H groups in total. The predicted molar refractivity (Wildman–Crippen MR) is 74.7 cm³/mol. The Balaban J connectivity index is 2.16. The Kier molecular flexibility index (Phi) is 4.22. The van der Waals surface area contributed by atoms with Gasteiger partial charge < -0.3 is 15.3 Å². The van der Waals surface area contributed by atoms with Crippen LogP contribution in [0.3, 0.4) is 0 Å². The summed E-state index contributed by atoms with van der Waals surface area (Å²) in [6.07, 6.45) is 1.58. The Morgan fingerprint density at radius 2 is 2.25 bits per heavy atom. The maximum absolute atomic E-state index is 11.8. The number of nitrogens with zero attached hydrogens (tertiary/aromatic N) is 2. The standard InChI is InChI=1S/C14H19N3O3/c1-3-15-13(18)12-6-10(4-5-16-12)17-7-9(2)11(8-17)14(19)20/h4-6,9,11H,3,7-8H2,1-2H3,(H,15,18)(H,19,20). The van der Waals surface area contributed by atoms with Gasteiger partial charge in [0.2, 0.25) is 0 Å². The molecule has 2 unspecified atom stereocenters. The van der Waals surface area contributed by atoms with Gasteiger partial charge in [-0.1, -0.05) is 6.92 Å². The van der Waals surface area contributed by atoms with Gasteiger partial charge in [0.25, 0.3) is 5.91 Å². The summed E-state index contributed by atoms with van der Waals surface area (Å²) in [5, 5.41) is 11.9. The predicted octanol–water partition coefficient (Wildman–Crippen LogP) is 0.988. The van der Waals surface area contributed by atoms with Crippen molar-refractivity contribution in [3.05, 3.63) is 24.0 Å². The van der Waals surface area contributed by atoms with Gasteiger partial charge in [-0.05, 0) is 25.0 Å². The van der Waals surface area contributed by atoms with Gasteiger partial charge in [0.05, 0.1) is 5.92 Å². The van der Waals surface area contributed by atoms with Crippen LogP contribution in [0.1, 0.15) is 24.3 Å². The maximum atomic E-state index is 11.8. The Labute approximate surface area is 117 Å². The molecular weight excluding hydrogens is 258 g/mol. The number of carboxylic acids is 1. The number of aliphatic carboxylic acids is 1. The third-order valence-electron chi connectivity index (χ3n) is 3.61. The molecule has 1 amide bonds. The first-order chi connectivity index (χ1) is 9.52. The molecule has 1 aromatic rings. The molecule has 6 nitrogen and oxygen atoms in total. The van der Waals surface area contributed by atoms with Crippen molar-refractivity contribution < 1.29 is 14.7 Å². The van der Waals surface area contributed by atoms with Crippen LogP contribution in [-0.4, -0.2) is 41.6 Å².